The zero-order valence-electron chi connectivity index (χ0n) is 7.66. The average molecular weight is 194 g/mol. The standard InChI is InChI=1S/C8H10N4O2/c1-14-8-6(3-2-4-10-8)7(5-13)11-12-9/h2-4,7,13H,5H2,1H3. The van der Waals surface area contributed by atoms with Gasteiger partial charge in [0.1, 0.15) is 0 Å². The minimum atomic E-state index is -0.649. The van der Waals surface area contributed by atoms with Crippen LogP contribution in [0.3, 0.4) is 0 Å². The van der Waals surface area contributed by atoms with E-state index in [0.29, 0.717) is 11.4 Å². The highest BCUT2D eigenvalue weighted by molar-refractivity contribution is 5.29. The molecule has 1 rings (SSSR count). The van der Waals surface area contributed by atoms with E-state index in [2.05, 4.69) is 15.0 Å². The van der Waals surface area contributed by atoms with Gasteiger partial charge in [0, 0.05) is 16.7 Å². The topological polar surface area (TPSA) is 91.1 Å². The highest BCUT2D eigenvalue weighted by Crippen LogP contribution is 2.24. The van der Waals surface area contributed by atoms with Crippen LogP contribution in [-0.4, -0.2) is 23.8 Å². The van der Waals surface area contributed by atoms with E-state index in [1.165, 1.54) is 7.11 Å². The van der Waals surface area contributed by atoms with Gasteiger partial charge in [0.2, 0.25) is 5.88 Å². The van der Waals surface area contributed by atoms with Crippen LogP contribution in [0.15, 0.2) is 23.4 Å². The first-order valence-electron chi connectivity index (χ1n) is 3.97. The van der Waals surface area contributed by atoms with Gasteiger partial charge in [-0.25, -0.2) is 4.98 Å². The highest BCUT2D eigenvalue weighted by atomic mass is 16.5. The molecular weight excluding hydrogens is 184 g/mol. The van der Waals surface area contributed by atoms with Crippen molar-refractivity contribution in [3.8, 4) is 5.88 Å². The molecule has 0 radical (unpaired) electrons. The minimum Gasteiger partial charge on any atom is -0.481 e. The smallest absolute Gasteiger partial charge is 0.216 e. The molecule has 1 aromatic rings. The molecule has 1 atom stereocenters. The van der Waals surface area contributed by atoms with Gasteiger partial charge in [-0.15, -0.1) is 0 Å². The zero-order valence-corrected chi connectivity index (χ0v) is 7.66. The van der Waals surface area contributed by atoms with Gasteiger partial charge in [-0.2, -0.15) is 0 Å². The minimum absolute atomic E-state index is 0.272. The Labute approximate surface area is 80.8 Å². The van der Waals surface area contributed by atoms with Crippen molar-refractivity contribution in [2.24, 2.45) is 5.11 Å². The Morgan fingerprint density at radius 2 is 2.57 bits per heavy atom. The van der Waals surface area contributed by atoms with E-state index in [1.807, 2.05) is 0 Å². The quantitative estimate of drug-likeness (QED) is 0.446. The van der Waals surface area contributed by atoms with Gasteiger partial charge < -0.3 is 9.84 Å². The Hall–Kier alpha value is -1.78. The summed E-state index contributed by atoms with van der Waals surface area (Å²) < 4.78 is 4.97. The van der Waals surface area contributed by atoms with Gasteiger partial charge in [0.25, 0.3) is 0 Å². The molecule has 0 aliphatic heterocycles. The van der Waals surface area contributed by atoms with Crippen molar-refractivity contribution in [3.63, 3.8) is 0 Å². The molecule has 1 aromatic heterocycles. The molecule has 74 valence electrons. The van der Waals surface area contributed by atoms with E-state index in [9.17, 15) is 0 Å². The van der Waals surface area contributed by atoms with E-state index < -0.39 is 6.04 Å². The molecule has 1 heterocycles. The molecule has 0 fully saturated rings. The predicted molar refractivity (Wildman–Crippen MR) is 49.8 cm³/mol. The number of aromatic nitrogens is 1. The SMILES string of the molecule is COc1ncccc1C(CO)N=[N+]=[N-]. The van der Waals surface area contributed by atoms with Crippen molar-refractivity contribution >= 4 is 0 Å². The van der Waals surface area contributed by atoms with Crippen LogP contribution >= 0.6 is 0 Å². The molecule has 0 saturated heterocycles. The molecule has 0 spiro atoms. The summed E-state index contributed by atoms with van der Waals surface area (Å²) in [7, 11) is 1.47. The van der Waals surface area contributed by atoms with Crippen LogP contribution < -0.4 is 4.74 Å². The van der Waals surface area contributed by atoms with E-state index >= 15 is 0 Å². The number of aliphatic hydroxyl groups excluding tert-OH is 1. The van der Waals surface area contributed by atoms with Crippen LogP contribution in [0.4, 0.5) is 0 Å². The highest BCUT2D eigenvalue weighted by Gasteiger charge is 2.13. The Bertz CT molecular complexity index is 349. The number of methoxy groups -OCH3 is 1. The Kier molecular flexibility index (Phi) is 3.72. The monoisotopic (exact) mass is 194 g/mol. The summed E-state index contributed by atoms with van der Waals surface area (Å²) in [4.78, 5) is 6.57. The first-order chi connectivity index (χ1) is 6.83. The molecule has 0 aliphatic carbocycles. The van der Waals surface area contributed by atoms with Gasteiger partial charge in [0.05, 0.1) is 19.8 Å². The van der Waals surface area contributed by atoms with E-state index in [0.717, 1.165) is 0 Å². The first kappa shape index (κ1) is 10.3. The molecule has 0 bridgehead atoms. The number of rotatable bonds is 4. The molecule has 6 nitrogen and oxygen atoms in total. The third-order valence-corrected chi connectivity index (χ3v) is 1.72. The summed E-state index contributed by atoms with van der Waals surface area (Å²) in [6.45, 7) is -0.272. The lowest BCUT2D eigenvalue weighted by molar-refractivity contribution is 0.263. The van der Waals surface area contributed by atoms with Crippen molar-refractivity contribution < 1.29 is 9.84 Å². The van der Waals surface area contributed by atoms with Crippen LogP contribution in [0.1, 0.15) is 11.6 Å². The van der Waals surface area contributed by atoms with Crippen molar-refractivity contribution in [1.82, 2.24) is 4.98 Å². The number of hydrogen-bond acceptors (Lipinski definition) is 4. The fourth-order valence-corrected chi connectivity index (χ4v) is 1.09. The summed E-state index contributed by atoms with van der Waals surface area (Å²) in [6, 6.07) is 2.73. The third kappa shape index (κ3) is 2.12. The fraction of sp³-hybridized carbons (Fsp3) is 0.375. The number of pyridine rings is 1. The van der Waals surface area contributed by atoms with Gasteiger partial charge in [-0.05, 0) is 11.6 Å². The van der Waals surface area contributed by atoms with Crippen molar-refractivity contribution in [2.75, 3.05) is 13.7 Å². The fourth-order valence-electron chi connectivity index (χ4n) is 1.09. The molecule has 0 aliphatic rings. The second-order valence-corrected chi connectivity index (χ2v) is 2.51. The molecule has 1 unspecified atom stereocenters. The molecule has 14 heavy (non-hydrogen) atoms. The molecule has 6 heteroatoms. The van der Waals surface area contributed by atoms with E-state index in [-0.39, 0.29) is 6.61 Å². The van der Waals surface area contributed by atoms with E-state index in [4.69, 9.17) is 15.4 Å². The van der Waals surface area contributed by atoms with E-state index in [1.54, 1.807) is 18.3 Å². The van der Waals surface area contributed by atoms with Gasteiger partial charge in [-0.1, -0.05) is 11.2 Å². The Morgan fingerprint density at radius 1 is 1.79 bits per heavy atom. The van der Waals surface area contributed by atoms with Crippen molar-refractivity contribution in [1.29, 1.82) is 0 Å². The lowest BCUT2D eigenvalue weighted by Gasteiger charge is -2.10. The largest absolute Gasteiger partial charge is 0.481 e. The summed E-state index contributed by atoms with van der Waals surface area (Å²) in [5.74, 6) is 0.360. The lowest BCUT2D eigenvalue weighted by atomic mass is 10.1. The second-order valence-electron chi connectivity index (χ2n) is 2.51. The summed E-state index contributed by atoms with van der Waals surface area (Å²) in [5, 5.41) is 12.4. The van der Waals surface area contributed by atoms with Crippen LogP contribution in [0.2, 0.25) is 0 Å². The number of nitrogens with zero attached hydrogens (tertiary/aromatic N) is 4. The molecule has 1 N–H and O–H groups in total. The maximum atomic E-state index is 8.98. The van der Waals surface area contributed by atoms with Gasteiger partial charge in [-0.3, -0.25) is 0 Å². The molecule has 0 saturated carbocycles. The first-order valence-corrected chi connectivity index (χ1v) is 3.97. The Balaban J connectivity index is 3.08. The predicted octanol–water partition coefficient (Wildman–Crippen LogP) is 1.43. The van der Waals surface area contributed by atoms with Crippen molar-refractivity contribution in [2.45, 2.75) is 6.04 Å². The molecular formula is C8H10N4O2. The summed E-state index contributed by atoms with van der Waals surface area (Å²) in [6.07, 6.45) is 1.56. The summed E-state index contributed by atoms with van der Waals surface area (Å²) >= 11 is 0. The van der Waals surface area contributed by atoms with Crippen LogP contribution in [0.5, 0.6) is 5.88 Å². The normalized spacial score (nSPS) is 11.6. The van der Waals surface area contributed by atoms with Crippen molar-refractivity contribution in [3.05, 3.63) is 34.3 Å². The number of azide groups is 1. The van der Waals surface area contributed by atoms with Gasteiger partial charge >= 0.3 is 0 Å². The summed E-state index contributed by atoms with van der Waals surface area (Å²) in [5.41, 5.74) is 8.86. The zero-order chi connectivity index (χ0) is 10.4. The Morgan fingerprint density at radius 3 is 3.14 bits per heavy atom. The maximum absolute atomic E-state index is 8.98. The maximum Gasteiger partial charge on any atom is 0.216 e. The number of hydrogen-bond donors (Lipinski definition) is 1. The number of ether oxygens (including phenoxy) is 1. The van der Waals surface area contributed by atoms with Crippen LogP contribution in [0.25, 0.3) is 10.4 Å². The van der Waals surface area contributed by atoms with Gasteiger partial charge in [0.15, 0.2) is 0 Å². The average Bonchev–Trinajstić information content (AvgIpc) is 2.26. The van der Waals surface area contributed by atoms with Crippen LogP contribution in [-0.2, 0) is 0 Å². The molecule has 0 amide bonds. The van der Waals surface area contributed by atoms with Crippen LogP contribution in [0, 0.1) is 0 Å². The lowest BCUT2D eigenvalue weighted by Crippen LogP contribution is -2.03. The molecule has 0 aromatic carbocycles. The third-order valence-electron chi connectivity index (χ3n) is 1.72. The second kappa shape index (κ2) is 5.06. The number of aliphatic hydroxyl groups is 1.